The summed E-state index contributed by atoms with van der Waals surface area (Å²) in [6.07, 6.45) is 7.21. The lowest BCUT2D eigenvalue weighted by molar-refractivity contribution is -0.140. The Labute approximate surface area is 284 Å². The molecule has 17 nitrogen and oxygen atoms in total. The number of carbonyl (C=O) groups is 6. The highest BCUT2D eigenvalue weighted by molar-refractivity contribution is 5.96. The third kappa shape index (κ3) is 11.1. The first-order chi connectivity index (χ1) is 23.5. The minimum atomic E-state index is -1.28. The van der Waals surface area contributed by atoms with E-state index in [1.165, 1.54) is 11.1 Å². The van der Waals surface area contributed by atoms with Crippen LogP contribution in [0.25, 0.3) is 0 Å². The molecule has 0 aliphatic carbocycles. The van der Waals surface area contributed by atoms with Gasteiger partial charge >= 0.3 is 0 Å². The molecule has 266 valence electrons. The van der Waals surface area contributed by atoms with Crippen LogP contribution in [0.1, 0.15) is 63.6 Å². The van der Waals surface area contributed by atoms with Crippen molar-refractivity contribution in [2.75, 3.05) is 19.7 Å². The molecular weight excluding hydrogens is 636 g/mol. The van der Waals surface area contributed by atoms with E-state index in [4.69, 9.17) is 10.5 Å². The minimum absolute atomic E-state index is 0.00610. The van der Waals surface area contributed by atoms with Crippen LogP contribution in [0.15, 0.2) is 30.7 Å². The van der Waals surface area contributed by atoms with Crippen molar-refractivity contribution in [1.29, 1.82) is 0 Å². The molecule has 0 unspecified atom stereocenters. The Morgan fingerprint density at radius 2 is 1.90 bits per heavy atom. The average Bonchev–Trinajstić information content (AvgIpc) is 3.74. The van der Waals surface area contributed by atoms with E-state index in [9.17, 15) is 28.8 Å². The Kier molecular flexibility index (Phi) is 13.6. The summed E-state index contributed by atoms with van der Waals surface area (Å²) in [4.78, 5) is 84.4. The number of aromatic nitrogens is 4. The third-order valence-electron chi connectivity index (χ3n) is 8.36. The third-order valence-corrected chi connectivity index (χ3v) is 8.36. The van der Waals surface area contributed by atoms with Gasteiger partial charge in [-0.3, -0.25) is 33.8 Å². The van der Waals surface area contributed by atoms with Crippen LogP contribution in [0.2, 0.25) is 0 Å². The van der Waals surface area contributed by atoms with Gasteiger partial charge in [0.25, 0.3) is 0 Å². The lowest BCUT2D eigenvalue weighted by atomic mass is 10.0. The minimum Gasteiger partial charge on any atom is -0.372 e. The van der Waals surface area contributed by atoms with Gasteiger partial charge in [0.05, 0.1) is 31.6 Å². The smallest absolute Gasteiger partial charge is 0.245 e. The van der Waals surface area contributed by atoms with Gasteiger partial charge in [0.1, 0.15) is 24.2 Å². The topological polar surface area (TPSA) is 233 Å². The van der Waals surface area contributed by atoms with Crippen molar-refractivity contribution in [1.82, 2.24) is 46.1 Å². The summed E-state index contributed by atoms with van der Waals surface area (Å²) in [5.74, 6) is -3.31. The Bertz CT molecular complexity index is 1470. The summed E-state index contributed by atoms with van der Waals surface area (Å²) in [6, 6.07) is -0.862. The van der Waals surface area contributed by atoms with Crippen molar-refractivity contribution in [3.05, 3.63) is 42.0 Å². The number of primary amides is 1. The van der Waals surface area contributed by atoms with Crippen LogP contribution in [0.5, 0.6) is 0 Å². The lowest BCUT2D eigenvalue weighted by Crippen LogP contribution is -2.59. The number of ether oxygens (including phenoxy) is 1. The largest absolute Gasteiger partial charge is 0.372 e. The number of fused-ring (bicyclic) bond motifs is 2. The van der Waals surface area contributed by atoms with E-state index in [0.29, 0.717) is 50.0 Å². The fraction of sp³-hybridized carbons (Fsp3) is 0.594. The summed E-state index contributed by atoms with van der Waals surface area (Å²) in [6.45, 7) is 3.97. The number of hydrogen-bond donors (Lipinski definition) is 5. The zero-order valence-electron chi connectivity index (χ0n) is 27.9. The van der Waals surface area contributed by atoms with Gasteiger partial charge in [-0.2, -0.15) is 0 Å². The van der Waals surface area contributed by atoms with Crippen LogP contribution < -0.4 is 27.0 Å². The van der Waals surface area contributed by atoms with Crippen LogP contribution >= 0.6 is 0 Å². The van der Waals surface area contributed by atoms with Crippen molar-refractivity contribution >= 4 is 35.4 Å². The second-order valence-electron chi connectivity index (χ2n) is 12.7. The number of nitrogens with one attached hydrogen (secondary N) is 4. The van der Waals surface area contributed by atoms with E-state index in [-0.39, 0.29) is 50.8 Å². The number of pyridine rings is 1. The molecule has 2 aromatic rings. The highest BCUT2D eigenvalue weighted by atomic mass is 16.5. The maximum absolute atomic E-state index is 13.9. The van der Waals surface area contributed by atoms with Crippen LogP contribution in [-0.4, -0.2) is 104 Å². The predicted octanol–water partition coefficient (Wildman–Crippen LogP) is -1.29. The van der Waals surface area contributed by atoms with Crippen molar-refractivity contribution in [3.8, 4) is 0 Å². The van der Waals surface area contributed by atoms with Gasteiger partial charge in [-0.1, -0.05) is 25.1 Å². The first-order valence-electron chi connectivity index (χ1n) is 16.6. The molecule has 6 amide bonds. The monoisotopic (exact) mass is 682 g/mol. The van der Waals surface area contributed by atoms with Crippen LogP contribution in [-0.2, 0) is 53.1 Å². The molecule has 6 N–H and O–H groups in total. The molecule has 0 aromatic carbocycles. The zero-order valence-corrected chi connectivity index (χ0v) is 27.9. The molecule has 0 radical (unpaired) electrons. The molecule has 1 saturated heterocycles. The highest BCUT2D eigenvalue weighted by Gasteiger charge is 2.37. The van der Waals surface area contributed by atoms with Gasteiger partial charge in [-0.25, -0.2) is 4.68 Å². The molecule has 49 heavy (non-hydrogen) atoms. The van der Waals surface area contributed by atoms with E-state index >= 15 is 0 Å². The molecule has 17 heteroatoms. The number of rotatable bonds is 7. The summed E-state index contributed by atoms with van der Waals surface area (Å²) < 4.78 is 7.51. The van der Waals surface area contributed by atoms with Crippen LogP contribution in [0.3, 0.4) is 0 Å². The maximum atomic E-state index is 13.9. The average molecular weight is 683 g/mol. The first-order valence-corrected chi connectivity index (χ1v) is 16.6. The summed E-state index contributed by atoms with van der Waals surface area (Å²) in [5, 5.41) is 18.8. The zero-order chi connectivity index (χ0) is 35.3. The molecular formula is C32H46N10O7. The van der Waals surface area contributed by atoms with Crippen molar-refractivity contribution in [2.24, 2.45) is 11.7 Å². The van der Waals surface area contributed by atoms with Gasteiger partial charge in [0.2, 0.25) is 35.4 Å². The van der Waals surface area contributed by atoms with Crippen molar-refractivity contribution < 1.29 is 33.5 Å². The van der Waals surface area contributed by atoms with Gasteiger partial charge in [0, 0.05) is 38.3 Å². The lowest BCUT2D eigenvalue weighted by Gasteiger charge is -2.28. The van der Waals surface area contributed by atoms with E-state index in [0.717, 1.165) is 0 Å². The standard InChI is InChI=1S/C32H46N10O7/c1-20(2)13-23(29(33)45)37-31(47)25-19-49-18-22-16-36-40-42(22)12-4-3-9-27(43)35-17-28(44)41-11-6-8-26(41)32(48)38-24(30(46)39-25)14-21-7-5-10-34-15-21/h5,7,10,15-16,20,23-26H,3-4,6,8-9,11-14,17-19H2,1-2H3,(H2,33,45)(H,35,43)(H,37,47)(H,38,48)(H,39,46)/t23-,24-,25-,26-/m0/s1. The quantitative estimate of drug-likeness (QED) is 0.232. The molecule has 0 bridgehead atoms. The Hall–Kier alpha value is -4.93. The van der Waals surface area contributed by atoms with E-state index in [2.05, 4.69) is 36.6 Å². The molecule has 4 rings (SSSR count). The molecule has 0 saturated carbocycles. The second-order valence-corrected chi connectivity index (χ2v) is 12.7. The number of hydrogen-bond acceptors (Lipinski definition) is 10. The Balaban J connectivity index is 1.61. The normalized spacial score (nSPS) is 22.5. The molecule has 2 aromatic heterocycles. The van der Waals surface area contributed by atoms with E-state index in [1.807, 2.05) is 13.8 Å². The van der Waals surface area contributed by atoms with Crippen LogP contribution in [0.4, 0.5) is 0 Å². The molecule has 1 fully saturated rings. The molecule has 2 aliphatic heterocycles. The summed E-state index contributed by atoms with van der Waals surface area (Å²) in [5.41, 5.74) is 6.81. The van der Waals surface area contributed by atoms with Crippen molar-refractivity contribution in [2.45, 2.75) is 96.1 Å². The number of nitrogens with two attached hydrogens (primary N) is 1. The van der Waals surface area contributed by atoms with Gasteiger partial charge in [0.15, 0.2) is 0 Å². The Morgan fingerprint density at radius 3 is 2.63 bits per heavy atom. The van der Waals surface area contributed by atoms with Gasteiger partial charge < -0.3 is 36.6 Å². The van der Waals surface area contributed by atoms with Crippen LogP contribution in [0, 0.1) is 5.92 Å². The number of aryl methyl sites for hydroxylation is 1. The number of nitrogens with zero attached hydrogens (tertiary/aromatic N) is 5. The molecule has 2 aliphatic rings. The Morgan fingerprint density at radius 1 is 1.08 bits per heavy atom. The maximum Gasteiger partial charge on any atom is 0.245 e. The van der Waals surface area contributed by atoms with E-state index < -0.39 is 53.7 Å². The van der Waals surface area contributed by atoms with Gasteiger partial charge in [-0.05, 0) is 49.7 Å². The highest BCUT2D eigenvalue weighted by Crippen LogP contribution is 2.18. The molecule has 4 atom stereocenters. The number of carbonyl (C=O) groups excluding carboxylic acids is 6. The molecule has 0 spiro atoms. The molecule has 4 heterocycles. The second kappa shape index (κ2) is 18.0. The van der Waals surface area contributed by atoms with Crippen molar-refractivity contribution in [3.63, 3.8) is 0 Å². The fourth-order valence-electron chi connectivity index (χ4n) is 5.79. The summed E-state index contributed by atoms with van der Waals surface area (Å²) >= 11 is 0. The summed E-state index contributed by atoms with van der Waals surface area (Å²) in [7, 11) is 0. The predicted molar refractivity (Wildman–Crippen MR) is 174 cm³/mol. The first kappa shape index (κ1) is 36.9. The number of amides is 6. The van der Waals surface area contributed by atoms with Gasteiger partial charge in [-0.15, -0.1) is 5.10 Å². The SMILES string of the molecule is CC(C)C[C@H](NC(=O)[C@@H]1COCc2cnnn2CCCCC(=O)NCC(=O)N2CCC[C@H]2C(=O)N[C@@H](Cc2cccnc2)C(=O)N1)C(N)=O. The van der Waals surface area contributed by atoms with E-state index in [1.54, 1.807) is 29.2 Å². The fourth-order valence-corrected chi connectivity index (χ4v) is 5.79.